The molecule has 0 spiro atoms. The fraction of sp³-hybridized carbons (Fsp3) is 0.765. The molecule has 0 radical (unpaired) electrons. The zero-order valence-electron chi connectivity index (χ0n) is 13.1. The van der Waals surface area contributed by atoms with Crippen molar-refractivity contribution in [2.24, 2.45) is 9.98 Å². The van der Waals surface area contributed by atoms with Crippen LogP contribution in [0.2, 0.25) is 0 Å². The van der Waals surface area contributed by atoms with Crippen LogP contribution >= 0.6 is 24.4 Å². The monoisotopic (exact) mass is 324 g/mol. The van der Waals surface area contributed by atoms with E-state index in [1.54, 1.807) is 6.20 Å². The van der Waals surface area contributed by atoms with Gasteiger partial charge in [0.2, 0.25) is 0 Å². The molecule has 0 aliphatic carbocycles. The van der Waals surface area contributed by atoms with Gasteiger partial charge in [0.25, 0.3) is 0 Å². The molecule has 4 heteroatoms. The minimum Gasteiger partial charge on any atom is -0.233 e. The van der Waals surface area contributed by atoms with E-state index in [0.717, 1.165) is 19.4 Å². The Morgan fingerprint density at radius 2 is 1.19 bits per heavy atom. The van der Waals surface area contributed by atoms with E-state index in [0.29, 0.717) is 0 Å². The van der Waals surface area contributed by atoms with Gasteiger partial charge in [-0.1, -0.05) is 63.9 Å². The number of unbranched alkanes of at least 4 members (excludes halogenated alkanes) is 11. The summed E-state index contributed by atoms with van der Waals surface area (Å²) in [5.41, 5.74) is 0. The summed E-state index contributed by atoms with van der Waals surface area (Å²) in [5.74, 6) is 0. The number of hydrogen-bond acceptors (Lipinski definition) is 4. The summed E-state index contributed by atoms with van der Waals surface area (Å²) in [4.78, 5) is 7.67. The first-order valence-electron chi connectivity index (χ1n) is 8.17. The van der Waals surface area contributed by atoms with Crippen LogP contribution in [0.1, 0.15) is 77.0 Å². The third-order valence-electron chi connectivity index (χ3n) is 3.44. The maximum absolute atomic E-state index is 4.53. The Morgan fingerprint density at radius 1 is 0.667 bits per heavy atom. The van der Waals surface area contributed by atoms with Gasteiger partial charge in [-0.2, -0.15) is 0 Å². The van der Waals surface area contributed by atoms with E-state index in [4.69, 9.17) is 0 Å². The molecule has 0 aliphatic rings. The summed E-state index contributed by atoms with van der Waals surface area (Å²) < 4.78 is 0. The van der Waals surface area contributed by atoms with Gasteiger partial charge in [-0.05, 0) is 43.7 Å². The van der Waals surface area contributed by atoms with Gasteiger partial charge in [0.1, 0.15) is 0 Å². The molecule has 0 amide bonds. The van der Waals surface area contributed by atoms with Crippen molar-refractivity contribution in [3.8, 4) is 0 Å². The predicted octanol–water partition coefficient (Wildman–Crippen LogP) is 6.39. The van der Waals surface area contributed by atoms with E-state index in [-0.39, 0.29) is 0 Å². The van der Waals surface area contributed by atoms with Gasteiger partial charge in [-0.3, -0.25) is 0 Å². The normalized spacial score (nSPS) is 10.3. The van der Waals surface area contributed by atoms with Gasteiger partial charge in [-0.15, -0.1) is 0 Å². The van der Waals surface area contributed by atoms with Crippen LogP contribution in [-0.2, 0) is 0 Å². The van der Waals surface area contributed by atoms with Crippen LogP contribution in [0.15, 0.2) is 22.3 Å². The molecule has 0 atom stereocenters. The van der Waals surface area contributed by atoms with Crippen molar-refractivity contribution in [2.45, 2.75) is 77.0 Å². The number of isothiocyanates is 2. The smallest absolute Gasteiger partial charge is 0.0634 e. The molecule has 0 fully saturated rings. The molecule has 0 saturated carbocycles. The fourth-order valence-electron chi connectivity index (χ4n) is 2.25. The Kier molecular flexibility index (Phi) is 18.7. The molecule has 2 nitrogen and oxygen atoms in total. The average Bonchev–Trinajstić information content (AvgIpc) is 2.50. The number of allylic oxidation sites excluding steroid dienone is 1. The van der Waals surface area contributed by atoms with E-state index in [1.165, 1.54) is 64.2 Å². The van der Waals surface area contributed by atoms with Crippen LogP contribution in [0.4, 0.5) is 0 Å². The summed E-state index contributed by atoms with van der Waals surface area (Å²) >= 11 is 9.02. The quantitative estimate of drug-likeness (QED) is 0.198. The van der Waals surface area contributed by atoms with Gasteiger partial charge < -0.3 is 0 Å². The van der Waals surface area contributed by atoms with Gasteiger partial charge in [-0.25, -0.2) is 9.98 Å². The molecule has 0 aromatic heterocycles. The number of hydrogen-bond donors (Lipinski definition) is 0. The van der Waals surface area contributed by atoms with Gasteiger partial charge in [0, 0.05) is 12.7 Å². The zero-order valence-corrected chi connectivity index (χ0v) is 14.7. The summed E-state index contributed by atoms with van der Waals surface area (Å²) in [6.07, 6.45) is 19.5. The van der Waals surface area contributed by atoms with E-state index in [9.17, 15) is 0 Å². The lowest BCUT2D eigenvalue weighted by molar-refractivity contribution is 0.548. The third-order valence-corrected chi connectivity index (χ3v) is 3.67. The molecule has 118 valence electrons. The number of aliphatic imine (C=N–C) groups is 2. The summed E-state index contributed by atoms with van der Waals surface area (Å²) in [6, 6.07) is 0. The molecule has 0 rings (SSSR count). The van der Waals surface area contributed by atoms with Crippen molar-refractivity contribution in [2.75, 3.05) is 6.54 Å². The summed E-state index contributed by atoms with van der Waals surface area (Å²) in [7, 11) is 0. The van der Waals surface area contributed by atoms with Crippen LogP contribution in [0.25, 0.3) is 0 Å². The Bertz CT molecular complexity index is 341. The van der Waals surface area contributed by atoms with Gasteiger partial charge in [0.05, 0.1) is 10.3 Å². The van der Waals surface area contributed by atoms with Crippen molar-refractivity contribution in [3.63, 3.8) is 0 Å². The number of nitrogens with zero attached hydrogens (tertiary/aromatic N) is 2. The van der Waals surface area contributed by atoms with Crippen molar-refractivity contribution in [3.05, 3.63) is 12.3 Å². The van der Waals surface area contributed by atoms with Crippen LogP contribution < -0.4 is 0 Å². The predicted molar refractivity (Wildman–Crippen MR) is 99.5 cm³/mol. The Morgan fingerprint density at radius 3 is 1.71 bits per heavy atom. The first-order chi connectivity index (χ1) is 10.4. The number of rotatable bonds is 15. The maximum atomic E-state index is 4.53. The van der Waals surface area contributed by atoms with Crippen LogP contribution in [0.3, 0.4) is 0 Å². The second-order valence-electron chi connectivity index (χ2n) is 5.26. The van der Waals surface area contributed by atoms with E-state index < -0.39 is 0 Å². The standard InChI is InChI=1S/C17H28N2S2/c20-16-18-14-12-10-8-6-4-2-1-3-5-7-9-11-13-15-19-17-21/h12,14H,1-11,13,15H2. The molecule has 0 N–H and O–H groups in total. The van der Waals surface area contributed by atoms with Crippen molar-refractivity contribution >= 4 is 34.8 Å². The maximum Gasteiger partial charge on any atom is 0.0634 e. The van der Waals surface area contributed by atoms with Crippen molar-refractivity contribution in [1.82, 2.24) is 0 Å². The highest BCUT2D eigenvalue weighted by Crippen LogP contribution is 2.12. The Balaban J connectivity index is 3.05. The lowest BCUT2D eigenvalue weighted by Gasteiger charge is -2.02. The molecule has 0 bridgehead atoms. The van der Waals surface area contributed by atoms with E-state index in [1.807, 2.05) is 0 Å². The minimum absolute atomic E-state index is 0.858. The second kappa shape index (κ2) is 19.3. The first-order valence-corrected chi connectivity index (χ1v) is 8.99. The highest BCUT2D eigenvalue weighted by Gasteiger charge is 1.93. The lowest BCUT2D eigenvalue weighted by Crippen LogP contribution is -1.84. The third kappa shape index (κ3) is 19.3. The van der Waals surface area contributed by atoms with Gasteiger partial charge in [0.15, 0.2) is 0 Å². The number of thiocarbonyl (C=S) groups is 2. The van der Waals surface area contributed by atoms with Crippen LogP contribution in [0.5, 0.6) is 0 Å². The second-order valence-corrected chi connectivity index (χ2v) is 5.62. The Hall–Kier alpha value is -0.660. The molecule has 0 unspecified atom stereocenters. The molecular weight excluding hydrogens is 296 g/mol. The molecule has 0 saturated heterocycles. The molecule has 0 aliphatic heterocycles. The van der Waals surface area contributed by atoms with Gasteiger partial charge >= 0.3 is 0 Å². The van der Waals surface area contributed by atoms with Crippen molar-refractivity contribution < 1.29 is 0 Å². The zero-order chi connectivity index (χ0) is 15.4. The minimum atomic E-state index is 0.858. The van der Waals surface area contributed by atoms with E-state index in [2.05, 4.69) is 50.8 Å². The largest absolute Gasteiger partial charge is 0.233 e. The summed E-state index contributed by atoms with van der Waals surface area (Å²) in [5, 5.41) is 4.74. The molecule has 0 aromatic rings. The van der Waals surface area contributed by atoms with Crippen molar-refractivity contribution in [1.29, 1.82) is 0 Å². The van der Waals surface area contributed by atoms with Crippen LogP contribution in [0, 0.1) is 0 Å². The highest BCUT2D eigenvalue weighted by atomic mass is 32.1. The Labute approximate surface area is 140 Å². The molecule has 21 heavy (non-hydrogen) atoms. The first kappa shape index (κ1) is 20.3. The molecule has 0 heterocycles. The topological polar surface area (TPSA) is 24.7 Å². The van der Waals surface area contributed by atoms with E-state index >= 15 is 0 Å². The fourth-order valence-corrected chi connectivity index (χ4v) is 2.40. The highest BCUT2D eigenvalue weighted by molar-refractivity contribution is 7.78. The SMILES string of the molecule is S=C=NC=CCCCCCCCCCCCCCN=C=S. The van der Waals surface area contributed by atoms with Crippen LogP contribution in [-0.4, -0.2) is 16.9 Å². The average molecular weight is 325 g/mol. The molecular formula is C17H28N2S2. The molecule has 0 aromatic carbocycles. The summed E-state index contributed by atoms with van der Waals surface area (Å²) in [6.45, 7) is 0.858. The lowest BCUT2D eigenvalue weighted by atomic mass is 10.1.